The van der Waals surface area contributed by atoms with Gasteiger partial charge >= 0.3 is 6.18 Å². The van der Waals surface area contributed by atoms with Gasteiger partial charge in [-0.3, -0.25) is 9.63 Å². The van der Waals surface area contributed by atoms with Crippen LogP contribution in [0.4, 0.5) is 18.9 Å². The number of carbonyl (C=O) groups excluding carboxylic acids is 1. The van der Waals surface area contributed by atoms with E-state index in [0.29, 0.717) is 5.06 Å². The van der Waals surface area contributed by atoms with Gasteiger partial charge in [0.05, 0.1) is 17.9 Å². The number of para-hydroxylation sites is 1. The molecule has 7 heteroatoms. The predicted molar refractivity (Wildman–Crippen MR) is 70.6 cm³/mol. The molecule has 1 rings (SSSR count). The van der Waals surface area contributed by atoms with Gasteiger partial charge in [0.2, 0.25) is 0 Å². The van der Waals surface area contributed by atoms with Gasteiger partial charge < -0.3 is 0 Å². The smallest absolute Gasteiger partial charge is 0.270 e. The molecule has 0 aliphatic rings. The number of amides is 1. The fourth-order valence-electron chi connectivity index (χ4n) is 1.69. The van der Waals surface area contributed by atoms with Crippen LogP contribution in [0.15, 0.2) is 18.2 Å². The van der Waals surface area contributed by atoms with Crippen molar-refractivity contribution in [3.05, 3.63) is 29.3 Å². The van der Waals surface area contributed by atoms with E-state index in [1.807, 2.05) is 0 Å². The Morgan fingerprint density at radius 1 is 1.45 bits per heavy atom. The zero-order valence-electron chi connectivity index (χ0n) is 11.3. The van der Waals surface area contributed by atoms with Crippen LogP contribution in [0.3, 0.4) is 0 Å². The van der Waals surface area contributed by atoms with E-state index in [1.165, 1.54) is 26.0 Å². The van der Waals surface area contributed by atoms with Gasteiger partial charge in [-0.15, -0.1) is 11.6 Å². The van der Waals surface area contributed by atoms with Gasteiger partial charge in [-0.2, -0.15) is 18.2 Å². The summed E-state index contributed by atoms with van der Waals surface area (Å²) in [6.07, 6.45) is -4.59. The topological polar surface area (TPSA) is 29.5 Å². The maximum absolute atomic E-state index is 13.1. The third kappa shape index (κ3) is 3.64. The Morgan fingerprint density at radius 3 is 2.50 bits per heavy atom. The zero-order valence-corrected chi connectivity index (χ0v) is 12.0. The third-order valence-electron chi connectivity index (χ3n) is 2.54. The fraction of sp³-hybridized carbons (Fsp3) is 0.462. The van der Waals surface area contributed by atoms with Gasteiger partial charge in [-0.05, 0) is 32.4 Å². The Kier molecular flexibility index (Phi) is 5.42. The minimum absolute atomic E-state index is 0.0426. The first-order valence-electron chi connectivity index (χ1n) is 5.97. The number of hydrogen-bond acceptors (Lipinski definition) is 2. The minimum Gasteiger partial charge on any atom is -0.270 e. The van der Waals surface area contributed by atoms with Crippen molar-refractivity contribution in [3.63, 3.8) is 0 Å². The number of nitrogens with zero attached hydrogens (tertiary/aromatic N) is 1. The molecule has 0 bridgehead atoms. The first kappa shape index (κ1) is 16.8. The standard InChI is InChI=1S/C13H15ClF3NO2/c1-4-20-18(12(19)9(3)14)11-8(2)6-5-7-10(11)13(15,16)17/h5-7,9H,4H2,1-3H3. The number of hydroxylamine groups is 1. The van der Waals surface area contributed by atoms with Gasteiger partial charge in [-0.25, -0.2) is 0 Å². The first-order valence-corrected chi connectivity index (χ1v) is 6.41. The first-order chi connectivity index (χ1) is 9.20. The van der Waals surface area contributed by atoms with Crippen molar-refractivity contribution in [2.75, 3.05) is 11.7 Å². The molecule has 1 aromatic carbocycles. The van der Waals surface area contributed by atoms with Crippen LogP contribution in [0.2, 0.25) is 0 Å². The monoisotopic (exact) mass is 309 g/mol. The third-order valence-corrected chi connectivity index (χ3v) is 2.73. The molecule has 1 amide bonds. The number of carbonyl (C=O) groups is 1. The molecule has 0 saturated heterocycles. The Balaban J connectivity index is 3.43. The van der Waals surface area contributed by atoms with E-state index in [0.717, 1.165) is 6.07 Å². The van der Waals surface area contributed by atoms with E-state index in [-0.39, 0.29) is 17.9 Å². The summed E-state index contributed by atoms with van der Waals surface area (Å²) in [5.74, 6) is -0.742. The quantitative estimate of drug-likeness (QED) is 0.623. The van der Waals surface area contributed by atoms with E-state index >= 15 is 0 Å². The molecule has 1 atom stereocenters. The molecule has 0 fully saturated rings. The summed E-state index contributed by atoms with van der Waals surface area (Å²) in [4.78, 5) is 17.0. The molecule has 20 heavy (non-hydrogen) atoms. The highest BCUT2D eigenvalue weighted by atomic mass is 35.5. The summed E-state index contributed by atoms with van der Waals surface area (Å²) in [6.45, 7) is 4.47. The van der Waals surface area contributed by atoms with Crippen LogP contribution < -0.4 is 5.06 Å². The summed E-state index contributed by atoms with van der Waals surface area (Å²) < 4.78 is 39.2. The van der Waals surface area contributed by atoms with Crippen molar-refractivity contribution in [1.82, 2.24) is 0 Å². The van der Waals surface area contributed by atoms with Crippen LogP contribution in [0.1, 0.15) is 25.0 Å². The van der Waals surface area contributed by atoms with Gasteiger partial charge in [0.15, 0.2) is 0 Å². The molecule has 0 radical (unpaired) electrons. The van der Waals surface area contributed by atoms with Crippen molar-refractivity contribution >= 4 is 23.2 Å². The molecule has 0 N–H and O–H groups in total. The van der Waals surface area contributed by atoms with Crippen LogP contribution in [0.5, 0.6) is 0 Å². The van der Waals surface area contributed by atoms with Crippen molar-refractivity contribution < 1.29 is 22.8 Å². The number of aryl methyl sites for hydroxylation is 1. The lowest BCUT2D eigenvalue weighted by atomic mass is 10.1. The summed E-state index contributed by atoms with van der Waals surface area (Å²) >= 11 is 5.68. The van der Waals surface area contributed by atoms with Gasteiger partial charge in [0.1, 0.15) is 5.38 Å². The lowest BCUT2D eigenvalue weighted by molar-refractivity contribution is -0.138. The maximum Gasteiger partial charge on any atom is 0.418 e. The highest BCUT2D eigenvalue weighted by Crippen LogP contribution is 2.39. The highest BCUT2D eigenvalue weighted by molar-refractivity contribution is 6.32. The van der Waals surface area contributed by atoms with Gasteiger partial charge in [-0.1, -0.05) is 12.1 Å². The molecular weight excluding hydrogens is 295 g/mol. The van der Waals surface area contributed by atoms with Crippen molar-refractivity contribution in [1.29, 1.82) is 0 Å². The van der Waals surface area contributed by atoms with E-state index in [9.17, 15) is 18.0 Å². The Labute approximate surface area is 120 Å². The largest absolute Gasteiger partial charge is 0.418 e. The second-order valence-electron chi connectivity index (χ2n) is 4.14. The van der Waals surface area contributed by atoms with Crippen LogP contribution >= 0.6 is 11.6 Å². The van der Waals surface area contributed by atoms with E-state index in [1.54, 1.807) is 6.92 Å². The molecule has 112 valence electrons. The maximum atomic E-state index is 13.1. The Hall–Kier alpha value is -1.27. The number of benzene rings is 1. The average molecular weight is 310 g/mol. The zero-order chi connectivity index (χ0) is 15.5. The molecule has 0 heterocycles. The Morgan fingerprint density at radius 2 is 2.05 bits per heavy atom. The number of rotatable bonds is 4. The summed E-state index contributed by atoms with van der Waals surface area (Å²) in [6, 6.07) is 3.66. The summed E-state index contributed by atoms with van der Waals surface area (Å²) in [5.41, 5.74) is -0.977. The number of anilines is 1. The summed E-state index contributed by atoms with van der Waals surface area (Å²) in [5, 5.41) is -0.363. The second kappa shape index (κ2) is 6.45. The lowest BCUT2D eigenvalue weighted by Gasteiger charge is -2.27. The fourth-order valence-corrected chi connectivity index (χ4v) is 1.77. The average Bonchev–Trinajstić information content (AvgIpc) is 2.34. The normalized spacial score (nSPS) is 13.2. The lowest BCUT2D eigenvalue weighted by Crippen LogP contribution is -2.37. The molecule has 0 aliphatic carbocycles. The van der Waals surface area contributed by atoms with Crippen molar-refractivity contribution in [2.24, 2.45) is 0 Å². The van der Waals surface area contributed by atoms with Crippen LogP contribution in [0.25, 0.3) is 0 Å². The minimum atomic E-state index is -4.59. The van der Waals surface area contributed by atoms with Crippen LogP contribution in [-0.2, 0) is 15.8 Å². The van der Waals surface area contributed by atoms with Crippen molar-refractivity contribution in [3.8, 4) is 0 Å². The SMILES string of the molecule is CCON(C(=O)C(C)Cl)c1c(C)cccc1C(F)(F)F. The van der Waals surface area contributed by atoms with Crippen molar-refractivity contribution in [2.45, 2.75) is 32.3 Å². The van der Waals surface area contributed by atoms with E-state index in [2.05, 4.69) is 0 Å². The highest BCUT2D eigenvalue weighted by Gasteiger charge is 2.37. The van der Waals surface area contributed by atoms with Gasteiger partial charge in [0.25, 0.3) is 5.91 Å². The summed E-state index contributed by atoms with van der Waals surface area (Å²) in [7, 11) is 0. The van der Waals surface area contributed by atoms with Crippen LogP contribution in [-0.4, -0.2) is 17.9 Å². The predicted octanol–water partition coefficient (Wildman–Crippen LogP) is 3.93. The molecule has 3 nitrogen and oxygen atoms in total. The number of hydrogen-bond donors (Lipinski definition) is 0. The second-order valence-corrected chi connectivity index (χ2v) is 4.79. The molecular formula is C13H15ClF3NO2. The van der Waals surface area contributed by atoms with Gasteiger partial charge in [0, 0.05) is 0 Å². The van der Waals surface area contributed by atoms with E-state index < -0.39 is 23.0 Å². The molecule has 1 aromatic rings. The van der Waals surface area contributed by atoms with Crippen LogP contribution in [0, 0.1) is 6.92 Å². The molecule has 0 aliphatic heterocycles. The molecule has 1 unspecified atom stereocenters. The number of alkyl halides is 4. The molecule has 0 aromatic heterocycles. The molecule has 0 spiro atoms. The number of halogens is 4. The Bertz CT molecular complexity index is 489. The molecule has 0 saturated carbocycles. The van der Waals surface area contributed by atoms with E-state index in [4.69, 9.17) is 16.4 Å².